The zero-order valence-corrected chi connectivity index (χ0v) is 23.4. The monoisotopic (exact) mass is 508 g/mol. The summed E-state index contributed by atoms with van der Waals surface area (Å²) in [5, 5.41) is 2.90. The number of hydrogen-bond donors (Lipinski definition) is 1. The van der Waals surface area contributed by atoms with Crippen LogP contribution >= 0.6 is 0 Å². The zero-order valence-electron chi connectivity index (χ0n) is 23.4. The van der Waals surface area contributed by atoms with Crippen molar-refractivity contribution in [2.75, 3.05) is 0 Å². The molecule has 0 saturated carbocycles. The van der Waals surface area contributed by atoms with E-state index in [0.717, 1.165) is 29.5 Å². The minimum atomic E-state index is -1.12. The topological polar surface area (TPSA) is 84.9 Å². The van der Waals surface area contributed by atoms with Crippen LogP contribution in [0.5, 0.6) is 5.75 Å². The fraction of sp³-hybridized carbons (Fsp3) is 0.500. The normalized spacial score (nSPS) is 18.1. The number of hydrogen-bond acceptors (Lipinski definition) is 5. The van der Waals surface area contributed by atoms with E-state index in [2.05, 4.69) is 5.32 Å². The second-order valence-electron chi connectivity index (χ2n) is 11.7. The number of nitrogens with one attached hydrogen (secondary N) is 1. The van der Waals surface area contributed by atoms with Gasteiger partial charge in [-0.05, 0) is 109 Å². The van der Waals surface area contributed by atoms with Crippen LogP contribution in [0.1, 0.15) is 76.6 Å². The first-order valence-electron chi connectivity index (χ1n) is 12.8. The first-order chi connectivity index (χ1) is 17.1. The highest BCUT2D eigenvalue weighted by molar-refractivity contribution is 6.06. The quantitative estimate of drug-likeness (QED) is 0.350. The van der Waals surface area contributed by atoms with Crippen LogP contribution in [0, 0.1) is 13.8 Å². The summed E-state index contributed by atoms with van der Waals surface area (Å²) < 4.78 is 11.3. The molecule has 0 aromatic heterocycles. The van der Waals surface area contributed by atoms with Crippen LogP contribution in [0.2, 0.25) is 0 Å². The molecule has 0 radical (unpaired) electrons. The zero-order chi connectivity index (χ0) is 27.6. The smallest absolute Gasteiger partial charge is 0.350 e. The molecule has 200 valence electrons. The molecule has 1 heterocycles. The number of esters is 1. The van der Waals surface area contributed by atoms with Crippen LogP contribution in [0.3, 0.4) is 0 Å². The summed E-state index contributed by atoms with van der Waals surface area (Å²) in [7, 11) is 0. The lowest BCUT2D eigenvalue weighted by atomic mass is 9.93. The van der Waals surface area contributed by atoms with Crippen molar-refractivity contribution in [2.45, 2.75) is 97.9 Å². The van der Waals surface area contributed by atoms with Gasteiger partial charge in [0.1, 0.15) is 16.9 Å². The lowest BCUT2D eigenvalue weighted by molar-refractivity contribution is -0.170. The van der Waals surface area contributed by atoms with Gasteiger partial charge in [0.15, 0.2) is 5.60 Å². The van der Waals surface area contributed by atoms with E-state index in [1.165, 1.54) is 10.5 Å². The van der Waals surface area contributed by atoms with Crippen molar-refractivity contribution in [3.63, 3.8) is 0 Å². The number of urea groups is 1. The molecule has 1 N–H and O–H groups in total. The van der Waals surface area contributed by atoms with E-state index in [1.54, 1.807) is 20.8 Å². The van der Waals surface area contributed by atoms with Gasteiger partial charge in [0.2, 0.25) is 0 Å². The fourth-order valence-corrected chi connectivity index (χ4v) is 4.25. The number of nitrogens with zero attached hydrogens (tertiary/aromatic N) is 1. The minimum absolute atomic E-state index is 0.191. The van der Waals surface area contributed by atoms with E-state index in [9.17, 15) is 14.4 Å². The predicted molar refractivity (Wildman–Crippen MR) is 143 cm³/mol. The van der Waals surface area contributed by atoms with E-state index in [-0.39, 0.29) is 18.5 Å². The van der Waals surface area contributed by atoms with Gasteiger partial charge in [-0.3, -0.25) is 9.69 Å². The van der Waals surface area contributed by atoms with Gasteiger partial charge in [-0.1, -0.05) is 30.3 Å². The van der Waals surface area contributed by atoms with Gasteiger partial charge in [0.05, 0.1) is 6.54 Å². The fourth-order valence-electron chi connectivity index (χ4n) is 4.25. The van der Waals surface area contributed by atoms with E-state index in [4.69, 9.17) is 9.47 Å². The molecule has 7 nitrogen and oxygen atoms in total. The van der Waals surface area contributed by atoms with E-state index < -0.39 is 22.7 Å². The third kappa shape index (κ3) is 7.12. The highest BCUT2D eigenvalue weighted by atomic mass is 16.6. The number of aryl methyl sites for hydroxylation is 3. The average molecular weight is 509 g/mol. The Bertz CT molecular complexity index is 1160. The van der Waals surface area contributed by atoms with Crippen molar-refractivity contribution >= 4 is 17.9 Å². The molecule has 0 bridgehead atoms. The van der Waals surface area contributed by atoms with Gasteiger partial charge in [-0.25, -0.2) is 9.59 Å². The molecule has 1 saturated heterocycles. The first-order valence-corrected chi connectivity index (χ1v) is 12.8. The molecule has 0 spiro atoms. The summed E-state index contributed by atoms with van der Waals surface area (Å²) >= 11 is 0. The number of carbonyl (C=O) groups excluding carboxylic acids is 3. The molecule has 1 aliphatic heterocycles. The SMILES string of the molecule is Cc1ccc(CN2C(=O)NC(C)(CCCc3ccc(OC(C)(C)C(=O)OC(C)(C)C)cc3)C2=O)cc1C. The molecule has 3 amide bonds. The van der Waals surface area contributed by atoms with Gasteiger partial charge in [0.25, 0.3) is 5.91 Å². The lowest BCUT2D eigenvalue weighted by Gasteiger charge is -2.29. The first kappa shape index (κ1) is 28.2. The van der Waals surface area contributed by atoms with Crippen LogP contribution in [0.15, 0.2) is 42.5 Å². The van der Waals surface area contributed by atoms with E-state index >= 15 is 0 Å². The Morgan fingerprint density at radius 3 is 2.16 bits per heavy atom. The van der Waals surface area contributed by atoms with Crippen molar-refractivity contribution in [3.05, 3.63) is 64.7 Å². The number of benzene rings is 2. The molecule has 1 fully saturated rings. The van der Waals surface area contributed by atoms with Gasteiger partial charge in [0, 0.05) is 0 Å². The maximum absolute atomic E-state index is 13.1. The van der Waals surface area contributed by atoms with E-state index in [0.29, 0.717) is 12.2 Å². The molecule has 1 atom stereocenters. The summed E-state index contributed by atoms with van der Waals surface area (Å²) in [6.45, 7) is 15.0. The van der Waals surface area contributed by atoms with Crippen molar-refractivity contribution < 1.29 is 23.9 Å². The van der Waals surface area contributed by atoms with Crippen LogP contribution in [-0.2, 0) is 27.3 Å². The molecule has 7 heteroatoms. The summed E-state index contributed by atoms with van der Waals surface area (Å²) in [5.41, 5.74) is 1.71. The Balaban J connectivity index is 1.54. The van der Waals surface area contributed by atoms with Gasteiger partial charge >= 0.3 is 12.0 Å². The second kappa shape index (κ2) is 10.6. The number of carbonyl (C=O) groups is 3. The van der Waals surface area contributed by atoms with Crippen molar-refractivity contribution in [1.29, 1.82) is 0 Å². The molecular formula is C30H40N2O5. The molecule has 2 aromatic rings. The molecular weight excluding hydrogens is 468 g/mol. The maximum atomic E-state index is 13.1. The number of imide groups is 1. The van der Waals surface area contributed by atoms with Crippen LogP contribution in [0.4, 0.5) is 4.79 Å². The standard InChI is InChI=1S/C30H40N2O5/c1-20-11-12-23(18-21(20)2)19-32-25(33)30(8,31-27(32)35)17-9-10-22-13-15-24(16-14-22)36-29(6,7)26(34)37-28(3,4)5/h11-16,18H,9-10,17,19H2,1-8H3,(H,31,35). The molecule has 0 aliphatic carbocycles. The number of rotatable bonds is 9. The molecule has 2 aromatic carbocycles. The van der Waals surface area contributed by atoms with Crippen LogP contribution in [0.25, 0.3) is 0 Å². The third-order valence-corrected chi connectivity index (χ3v) is 6.59. The molecule has 37 heavy (non-hydrogen) atoms. The Kier molecular flexibility index (Phi) is 8.06. The predicted octanol–water partition coefficient (Wildman–Crippen LogP) is 5.64. The van der Waals surface area contributed by atoms with Crippen molar-refractivity contribution in [1.82, 2.24) is 10.2 Å². The lowest BCUT2D eigenvalue weighted by Crippen LogP contribution is -2.43. The van der Waals surface area contributed by atoms with Crippen molar-refractivity contribution in [2.24, 2.45) is 0 Å². The average Bonchev–Trinajstić information content (AvgIpc) is 2.99. The van der Waals surface area contributed by atoms with Gasteiger partial charge in [-0.2, -0.15) is 0 Å². The molecule has 1 aliphatic rings. The maximum Gasteiger partial charge on any atom is 0.350 e. The van der Waals surface area contributed by atoms with E-state index in [1.807, 2.05) is 77.1 Å². The Hall–Kier alpha value is -3.35. The highest BCUT2D eigenvalue weighted by Crippen LogP contribution is 2.27. The van der Waals surface area contributed by atoms with Gasteiger partial charge in [-0.15, -0.1) is 0 Å². The summed E-state index contributed by atoms with van der Waals surface area (Å²) in [6, 6.07) is 13.2. The van der Waals surface area contributed by atoms with Crippen LogP contribution in [-0.4, -0.2) is 39.5 Å². The molecule has 3 rings (SSSR count). The highest BCUT2D eigenvalue weighted by Gasteiger charge is 2.47. The summed E-state index contributed by atoms with van der Waals surface area (Å²) in [6.07, 6.45) is 2.00. The third-order valence-electron chi connectivity index (χ3n) is 6.59. The Labute approximate surface area is 220 Å². The number of ether oxygens (including phenoxy) is 2. The van der Waals surface area contributed by atoms with Crippen LogP contribution < -0.4 is 10.1 Å². The number of amides is 3. The largest absolute Gasteiger partial charge is 0.476 e. The van der Waals surface area contributed by atoms with Gasteiger partial charge < -0.3 is 14.8 Å². The second-order valence-corrected chi connectivity index (χ2v) is 11.7. The Morgan fingerprint density at radius 2 is 1.57 bits per heavy atom. The van der Waals surface area contributed by atoms with Crippen molar-refractivity contribution in [3.8, 4) is 5.75 Å². The summed E-state index contributed by atoms with van der Waals surface area (Å²) in [5.74, 6) is -0.0391. The summed E-state index contributed by atoms with van der Waals surface area (Å²) in [4.78, 5) is 39.5. The Morgan fingerprint density at radius 1 is 0.946 bits per heavy atom. The minimum Gasteiger partial charge on any atom is -0.476 e. The molecule has 1 unspecified atom stereocenters.